The van der Waals surface area contributed by atoms with Gasteiger partial charge in [-0.05, 0) is 36.1 Å². The molecule has 6 heteroatoms. The van der Waals surface area contributed by atoms with Gasteiger partial charge in [0.1, 0.15) is 0 Å². The van der Waals surface area contributed by atoms with E-state index in [1.165, 1.54) is 11.0 Å². The van der Waals surface area contributed by atoms with Crippen LogP contribution in [0.2, 0.25) is 0 Å². The molecular weight excluding hydrogens is 350 g/mol. The lowest BCUT2D eigenvalue weighted by Crippen LogP contribution is -2.28. The van der Waals surface area contributed by atoms with Gasteiger partial charge >= 0.3 is 0 Å². The van der Waals surface area contributed by atoms with Crippen molar-refractivity contribution in [2.75, 3.05) is 16.8 Å². The van der Waals surface area contributed by atoms with E-state index in [4.69, 9.17) is 0 Å². The monoisotopic (exact) mass is 372 g/mol. The van der Waals surface area contributed by atoms with Crippen LogP contribution >= 0.6 is 0 Å². The Labute approximate surface area is 157 Å². The highest BCUT2D eigenvalue weighted by atomic mass is 19.2. The second-order valence-electron chi connectivity index (χ2n) is 6.65. The average Bonchev–Trinajstić information content (AvgIpc) is 3.06. The van der Waals surface area contributed by atoms with Crippen LogP contribution in [0.5, 0.6) is 0 Å². The van der Waals surface area contributed by atoms with E-state index >= 15 is 0 Å². The van der Waals surface area contributed by atoms with Crippen LogP contribution in [0.4, 0.5) is 20.2 Å². The molecule has 1 N–H and O–H groups in total. The largest absolute Gasteiger partial charge is 0.325 e. The number of aryl methyl sites for hydroxylation is 2. The zero-order chi connectivity index (χ0) is 19.6. The maximum absolute atomic E-state index is 13.5. The summed E-state index contributed by atoms with van der Waals surface area (Å²) in [6.07, 6.45) is 1.61. The Morgan fingerprint density at radius 3 is 2.37 bits per heavy atom. The van der Waals surface area contributed by atoms with Crippen molar-refractivity contribution < 1.29 is 18.4 Å². The topological polar surface area (TPSA) is 49.4 Å². The quantitative estimate of drug-likeness (QED) is 0.860. The van der Waals surface area contributed by atoms with Gasteiger partial charge in [0.15, 0.2) is 11.6 Å². The average molecular weight is 372 g/mol. The van der Waals surface area contributed by atoms with Crippen LogP contribution in [-0.2, 0) is 22.4 Å². The number of rotatable bonds is 5. The van der Waals surface area contributed by atoms with Crippen LogP contribution in [0.1, 0.15) is 31.4 Å². The lowest BCUT2D eigenvalue weighted by atomic mass is 10.0. The number of benzene rings is 2. The highest BCUT2D eigenvalue weighted by molar-refractivity contribution is 6.04. The third kappa shape index (κ3) is 3.84. The minimum absolute atomic E-state index is 0.0422. The molecule has 2 aromatic carbocycles. The molecule has 1 atom stereocenters. The van der Waals surface area contributed by atoms with Gasteiger partial charge in [-0.3, -0.25) is 9.59 Å². The number of anilines is 2. The molecule has 1 fully saturated rings. The molecule has 0 radical (unpaired) electrons. The standard InChI is InChI=1S/C21H22F2N2O2/c1-3-13-6-5-7-14(4-2)20(13)24-21(27)15-10-19(26)25(12-15)16-8-9-17(22)18(23)11-16/h5-9,11,15H,3-4,10,12H2,1-2H3,(H,24,27). The van der Waals surface area contributed by atoms with Gasteiger partial charge in [-0.1, -0.05) is 32.0 Å². The van der Waals surface area contributed by atoms with E-state index in [1.54, 1.807) is 0 Å². The van der Waals surface area contributed by atoms with Crippen LogP contribution in [0, 0.1) is 17.6 Å². The summed E-state index contributed by atoms with van der Waals surface area (Å²) in [5.41, 5.74) is 3.16. The minimum atomic E-state index is -1.02. The van der Waals surface area contributed by atoms with Crippen molar-refractivity contribution in [1.82, 2.24) is 0 Å². The van der Waals surface area contributed by atoms with E-state index in [0.29, 0.717) is 0 Å². The number of hydrogen-bond acceptors (Lipinski definition) is 2. The maximum Gasteiger partial charge on any atom is 0.229 e. The van der Waals surface area contributed by atoms with Gasteiger partial charge in [0.05, 0.1) is 5.92 Å². The number of amides is 2. The number of para-hydroxylation sites is 1. The number of hydrogen-bond donors (Lipinski definition) is 1. The second kappa shape index (κ2) is 7.86. The van der Waals surface area contributed by atoms with Crippen molar-refractivity contribution in [3.63, 3.8) is 0 Å². The Morgan fingerprint density at radius 2 is 1.78 bits per heavy atom. The SMILES string of the molecule is CCc1cccc(CC)c1NC(=O)C1CC(=O)N(c2ccc(F)c(F)c2)C1. The third-order valence-electron chi connectivity index (χ3n) is 4.96. The zero-order valence-electron chi connectivity index (χ0n) is 15.4. The van der Waals surface area contributed by atoms with Gasteiger partial charge in [-0.15, -0.1) is 0 Å². The lowest BCUT2D eigenvalue weighted by Gasteiger charge is -2.18. The fourth-order valence-corrected chi connectivity index (χ4v) is 3.41. The molecule has 3 rings (SSSR count). The predicted molar refractivity (Wildman–Crippen MR) is 101 cm³/mol. The van der Waals surface area contributed by atoms with Crippen LogP contribution in [0.25, 0.3) is 0 Å². The molecule has 1 heterocycles. The Morgan fingerprint density at radius 1 is 1.11 bits per heavy atom. The number of carbonyl (C=O) groups is 2. The molecule has 0 saturated carbocycles. The molecule has 0 bridgehead atoms. The van der Waals surface area contributed by atoms with Crippen molar-refractivity contribution in [3.05, 3.63) is 59.2 Å². The van der Waals surface area contributed by atoms with Gasteiger partial charge in [-0.2, -0.15) is 0 Å². The Bertz CT molecular complexity index is 860. The van der Waals surface area contributed by atoms with E-state index < -0.39 is 17.6 Å². The van der Waals surface area contributed by atoms with E-state index in [2.05, 4.69) is 5.32 Å². The first-order chi connectivity index (χ1) is 12.9. The molecule has 2 aromatic rings. The van der Waals surface area contributed by atoms with Crippen LogP contribution in [0.15, 0.2) is 36.4 Å². The molecule has 1 saturated heterocycles. The van der Waals surface area contributed by atoms with Gasteiger partial charge in [0, 0.05) is 30.4 Å². The summed E-state index contributed by atoms with van der Waals surface area (Å²) in [5.74, 6) is -3.04. The van der Waals surface area contributed by atoms with E-state index in [0.717, 1.165) is 41.8 Å². The molecule has 27 heavy (non-hydrogen) atoms. The smallest absolute Gasteiger partial charge is 0.229 e. The summed E-state index contributed by atoms with van der Waals surface area (Å²) in [6.45, 7) is 4.19. The van der Waals surface area contributed by atoms with Gasteiger partial charge in [0.2, 0.25) is 11.8 Å². The fourth-order valence-electron chi connectivity index (χ4n) is 3.41. The molecular formula is C21H22F2N2O2. The van der Waals surface area contributed by atoms with Gasteiger partial charge in [-0.25, -0.2) is 8.78 Å². The van der Waals surface area contributed by atoms with Crippen LogP contribution in [0.3, 0.4) is 0 Å². The van der Waals surface area contributed by atoms with Crippen molar-refractivity contribution >= 4 is 23.2 Å². The van der Waals surface area contributed by atoms with Crippen molar-refractivity contribution in [3.8, 4) is 0 Å². The maximum atomic E-state index is 13.5. The lowest BCUT2D eigenvalue weighted by molar-refractivity contribution is -0.122. The van der Waals surface area contributed by atoms with Gasteiger partial charge < -0.3 is 10.2 Å². The summed E-state index contributed by atoms with van der Waals surface area (Å²) >= 11 is 0. The third-order valence-corrected chi connectivity index (χ3v) is 4.96. The Balaban J connectivity index is 1.78. The predicted octanol–water partition coefficient (Wildman–Crippen LogP) is 4.08. The summed E-state index contributed by atoms with van der Waals surface area (Å²) in [5, 5.41) is 2.98. The molecule has 0 aromatic heterocycles. The highest BCUT2D eigenvalue weighted by Crippen LogP contribution is 2.29. The summed E-state index contributed by atoms with van der Waals surface area (Å²) in [6, 6.07) is 9.23. The summed E-state index contributed by atoms with van der Waals surface area (Å²) < 4.78 is 26.6. The van der Waals surface area contributed by atoms with Crippen molar-refractivity contribution in [2.24, 2.45) is 5.92 Å². The normalized spacial score (nSPS) is 16.7. The first kappa shape index (κ1) is 19.0. The Hall–Kier alpha value is -2.76. The summed E-state index contributed by atoms with van der Waals surface area (Å²) in [4.78, 5) is 26.4. The van der Waals surface area contributed by atoms with Crippen molar-refractivity contribution in [1.29, 1.82) is 0 Å². The minimum Gasteiger partial charge on any atom is -0.325 e. The zero-order valence-corrected chi connectivity index (χ0v) is 15.4. The molecule has 4 nitrogen and oxygen atoms in total. The van der Waals surface area contributed by atoms with Gasteiger partial charge in [0.25, 0.3) is 0 Å². The number of nitrogens with one attached hydrogen (secondary N) is 1. The van der Waals surface area contributed by atoms with Crippen LogP contribution in [-0.4, -0.2) is 18.4 Å². The van der Waals surface area contributed by atoms with E-state index in [9.17, 15) is 18.4 Å². The fraction of sp³-hybridized carbons (Fsp3) is 0.333. The molecule has 2 amide bonds. The van der Waals surface area contributed by atoms with Crippen LogP contribution < -0.4 is 10.2 Å². The highest BCUT2D eigenvalue weighted by Gasteiger charge is 2.35. The first-order valence-electron chi connectivity index (χ1n) is 9.11. The molecule has 142 valence electrons. The van der Waals surface area contributed by atoms with Crippen molar-refractivity contribution in [2.45, 2.75) is 33.1 Å². The molecule has 0 spiro atoms. The van der Waals surface area contributed by atoms with E-state index in [1.807, 2.05) is 32.0 Å². The molecule has 1 unspecified atom stereocenters. The van der Waals surface area contributed by atoms with E-state index in [-0.39, 0.29) is 30.5 Å². The first-order valence-corrected chi connectivity index (χ1v) is 9.11. The Kier molecular flexibility index (Phi) is 5.54. The molecule has 0 aliphatic carbocycles. The summed E-state index contributed by atoms with van der Waals surface area (Å²) in [7, 11) is 0. The number of halogens is 2. The molecule has 1 aliphatic rings. The number of carbonyl (C=O) groups excluding carboxylic acids is 2. The molecule has 1 aliphatic heterocycles. The number of nitrogens with zero attached hydrogens (tertiary/aromatic N) is 1. The second-order valence-corrected chi connectivity index (χ2v) is 6.65.